The highest BCUT2D eigenvalue weighted by Crippen LogP contribution is 2.29. The van der Waals surface area contributed by atoms with E-state index in [1.165, 1.54) is 6.07 Å². The van der Waals surface area contributed by atoms with E-state index in [1.807, 2.05) is 50.2 Å². The van der Waals surface area contributed by atoms with Crippen molar-refractivity contribution < 1.29 is 28.5 Å². The highest BCUT2D eigenvalue weighted by atomic mass is 19.1. The van der Waals surface area contributed by atoms with Crippen LogP contribution in [-0.4, -0.2) is 36.4 Å². The largest absolute Gasteiger partial charge is 0.489 e. The highest BCUT2D eigenvalue weighted by Gasteiger charge is 2.28. The maximum absolute atomic E-state index is 14.3. The van der Waals surface area contributed by atoms with E-state index in [-0.39, 0.29) is 18.3 Å². The number of carbonyl (C=O) groups is 1. The second-order valence-electron chi connectivity index (χ2n) is 8.56. The molecule has 1 aliphatic carbocycles. The van der Waals surface area contributed by atoms with Crippen molar-refractivity contribution in [1.29, 1.82) is 0 Å². The molecule has 0 aliphatic heterocycles. The lowest BCUT2D eigenvalue weighted by Crippen LogP contribution is -2.03. The lowest BCUT2D eigenvalue weighted by atomic mass is 10.0. The van der Waals surface area contributed by atoms with Gasteiger partial charge < -0.3 is 19.3 Å². The lowest BCUT2D eigenvalue weighted by Gasteiger charge is -2.12. The summed E-state index contributed by atoms with van der Waals surface area (Å²) in [5, 5.41) is 8.05. The molecular weight excluding hydrogens is 449 g/mol. The molecule has 186 valence electrons. The zero-order chi connectivity index (χ0) is 25.2. The molecule has 1 saturated carbocycles. The number of aliphatic carboxylic acids is 1. The summed E-state index contributed by atoms with van der Waals surface area (Å²) < 4.78 is 30.7. The van der Waals surface area contributed by atoms with Crippen LogP contribution in [0.5, 0.6) is 11.6 Å². The van der Waals surface area contributed by atoms with Crippen LogP contribution in [0.1, 0.15) is 36.0 Å². The predicted molar refractivity (Wildman–Crippen MR) is 132 cm³/mol. The van der Waals surface area contributed by atoms with Crippen LogP contribution in [0.15, 0.2) is 54.7 Å². The zero-order valence-electron chi connectivity index (χ0n) is 20.4. The second-order valence-corrected chi connectivity index (χ2v) is 8.56. The number of carboxylic acid groups (broad SMARTS) is 1. The van der Waals surface area contributed by atoms with Crippen molar-refractivity contribution >= 4 is 5.97 Å². The summed E-state index contributed by atoms with van der Waals surface area (Å²) in [6.45, 7) is 5.35. The van der Waals surface area contributed by atoms with Gasteiger partial charge in [-0.2, -0.15) is 0 Å². The third kappa shape index (κ3) is 8.37. The molecule has 0 amide bonds. The fraction of sp³-hybridized carbons (Fsp3) is 0.357. The molecule has 4 rings (SSSR count). The van der Waals surface area contributed by atoms with Gasteiger partial charge in [-0.3, -0.25) is 4.79 Å². The van der Waals surface area contributed by atoms with Gasteiger partial charge in [0.15, 0.2) is 0 Å². The number of carboxylic acids is 1. The Morgan fingerprint density at radius 3 is 2.51 bits per heavy atom. The van der Waals surface area contributed by atoms with Crippen LogP contribution in [0.25, 0.3) is 11.1 Å². The Morgan fingerprint density at radius 2 is 1.89 bits per heavy atom. The van der Waals surface area contributed by atoms with Crippen LogP contribution in [0, 0.1) is 25.6 Å². The number of pyridine rings is 1. The molecule has 1 aliphatic rings. The van der Waals surface area contributed by atoms with Crippen molar-refractivity contribution in [2.45, 2.75) is 39.7 Å². The van der Waals surface area contributed by atoms with Crippen LogP contribution in [-0.2, 0) is 16.1 Å². The monoisotopic (exact) mass is 481 g/mol. The highest BCUT2D eigenvalue weighted by molar-refractivity contribution is 5.72. The van der Waals surface area contributed by atoms with Crippen molar-refractivity contribution in [3.63, 3.8) is 0 Å². The summed E-state index contributed by atoms with van der Waals surface area (Å²) in [6.07, 6.45) is 4.37. The molecule has 1 N–H and O–H groups in total. The van der Waals surface area contributed by atoms with Crippen LogP contribution in [0.3, 0.4) is 0 Å². The van der Waals surface area contributed by atoms with Crippen molar-refractivity contribution in [1.82, 2.24) is 4.98 Å². The number of nitrogens with zero attached hydrogens (tertiary/aromatic N) is 1. The quantitative estimate of drug-likeness (QED) is 0.359. The standard InChI is InChI=1S/C24H26FNO3.C4H6O2/c1-17-6-4-7-21(12-17)29-16-20-14-19(8-9-23(20)25)22-15-26-24(13-18(22)2)28-11-5-10-27-3;5-4(6)3-1-2-3/h4,6-9,12-15H,5,10-11,16H2,1-3H3;3H,1-2H2,(H,5,6). The first-order valence-corrected chi connectivity index (χ1v) is 11.7. The number of aromatic nitrogens is 1. The van der Waals surface area contributed by atoms with E-state index < -0.39 is 5.97 Å². The summed E-state index contributed by atoms with van der Waals surface area (Å²) in [5.41, 5.74) is 4.45. The van der Waals surface area contributed by atoms with Gasteiger partial charge in [0.1, 0.15) is 18.2 Å². The molecule has 1 aromatic heterocycles. The molecule has 3 aromatic rings. The van der Waals surface area contributed by atoms with Crippen LogP contribution >= 0.6 is 0 Å². The molecule has 35 heavy (non-hydrogen) atoms. The van der Waals surface area contributed by atoms with E-state index in [4.69, 9.17) is 19.3 Å². The van der Waals surface area contributed by atoms with Crippen LogP contribution < -0.4 is 9.47 Å². The minimum Gasteiger partial charge on any atom is -0.489 e. The number of methoxy groups -OCH3 is 1. The third-order valence-electron chi connectivity index (χ3n) is 5.50. The molecule has 1 fully saturated rings. The first-order valence-electron chi connectivity index (χ1n) is 11.7. The van der Waals surface area contributed by atoms with Gasteiger partial charge in [0, 0.05) is 43.5 Å². The molecule has 0 saturated heterocycles. The molecule has 2 aromatic carbocycles. The second kappa shape index (κ2) is 12.9. The van der Waals surface area contributed by atoms with E-state index >= 15 is 0 Å². The first-order chi connectivity index (χ1) is 16.9. The molecular formula is C28H32FNO5. The average molecular weight is 482 g/mol. The van der Waals surface area contributed by atoms with Crippen molar-refractivity contribution in [3.8, 4) is 22.8 Å². The minimum atomic E-state index is -0.630. The Bertz CT molecular complexity index is 1130. The predicted octanol–water partition coefficient (Wildman–Crippen LogP) is 5.98. The number of halogens is 1. The van der Waals surface area contributed by atoms with Gasteiger partial charge in [-0.25, -0.2) is 9.37 Å². The zero-order valence-corrected chi connectivity index (χ0v) is 20.4. The molecule has 6 nitrogen and oxygen atoms in total. The van der Waals surface area contributed by atoms with Gasteiger partial charge in [0.05, 0.1) is 12.5 Å². The summed E-state index contributed by atoms with van der Waals surface area (Å²) in [7, 11) is 1.67. The smallest absolute Gasteiger partial charge is 0.306 e. The molecule has 0 unspecified atom stereocenters. The van der Waals surface area contributed by atoms with Crippen molar-refractivity contribution in [3.05, 3.63) is 77.2 Å². The fourth-order valence-corrected chi connectivity index (χ4v) is 3.34. The molecule has 7 heteroatoms. The molecule has 0 bridgehead atoms. The molecule has 1 heterocycles. The van der Waals surface area contributed by atoms with Crippen molar-refractivity contribution in [2.75, 3.05) is 20.3 Å². The number of aryl methyl sites for hydroxylation is 2. The molecule has 0 atom stereocenters. The van der Waals surface area contributed by atoms with Gasteiger partial charge in [-0.15, -0.1) is 0 Å². The first kappa shape index (κ1) is 26.2. The Hall–Kier alpha value is -3.45. The number of hydrogen-bond acceptors (Lipinski definition) is 5. The Balaban J connectivity index is 0.000000497. The fourth-order valence-electron chi connectivity index (χ4n) is 3.34. The van der Waals surface area contributed by atoms with Gasteiger partial charge >= 0.3 is 5.97 Å². The van der Waals surface area contributed by atoms with E-state index in [0.717, 1.165) is 47.3 Å². The van der Waals surface area contributed by atoms with E-state index in [2.05, 4.69) is 4.98 Å². The Morgan fingerprint density at radius 1 is 1.09 bits per heavy atom. The molecule has 0 radical (unpaired) electrons. The number of benzene rings is 2. The van der Waals surface area contributed by atoms with E-state index in [9.17, 15) is 9.18 Å². The average Bonchev–Trinajstić information content (AvgIpc) is 3.68. The van der Waals surface area contributed by atoms with Crippen molar-refractivity contribution in [2.24, 2.45) is 5.92 Å². The van der Waals surface area contributed by atoms with E-state index in [0.29, 0.717) is 24.7 Å². The van der Waals surface area contributed by atoms with Gasteiger partial charge in [0.2, 0.25) is 5.88 Å². The van der Waals surface area contributed by atoms with Crippen LogP contribution in [0.2, 0.25) is 0 Å². The number of ether oxygens (including phenoxy) is 3. The summed E-state index contributed by atoms with van der Waals surface area (Å²) in [5.74, 6) is 0.403. The van der Waals surface area contributed by atoms with Gasteiger partial charge in [0.25, 0.3) is 0 Å². The third-order valence-corrected chi connectivity index (χ3v) is 5.50. The maximum atomic E-state index is 14.3. The van der Waals surface area contributed by atoms with Crippen LogP contribution in [0.4, 0.5) is 4.39 Å². The Kier molecular flexibility index (Phi) is 9.61. The minimum absolute atomic E-state index is 0.0185. The lowest BCUT2D eigenvalue weighted by molar-refractivity contribution is -0.138. The normalized spacial score (nSPS) is 12.5. The van der Waals surface area contributed by atoms with E-state index in [1.54, 1.807) is 19.4 Å². The maximum Gasteiger partial charge on any atom is 0.306 e. The number of rotatable bonds is 10. The Labute approximate surface area is 205 Å². The summed E-state index contributed by atoms with van der Waals surface area (Å²) in [6, 6.07) is 14.7. The van der Waals surface area contributed by atoms with Gasteiger partial charge in [-0.05, 0) is 67.6 Å². The summed E-state index contributed by atoms with van der Waals surface area (Å²) >= 11 is 0. The molecule has 0 spiro atoms. The SMILES string of the molecule is COCCCOc1cc(C)c(-c2ccc(F)c(COc3cccc(C)c3)c2)cn1.O=C(O)C1CC1. The van der Waals surface area contributed by atoms with Gasteiger partial charge in [-0.1, -0.05) is 18.2 Å². The number of hydrogen-bond donors (Lipinski definition) is 1. The topological polar surface area (TPSA) is 77.9 Å². The summed E-state index contributed by atoms with van der Waals surface area (Å²) in [4.78, 5) is 14.1.